The summed E-state index contributed by atoms with van der Waals surface area (Å²) in [6.45, 7) is 17.9. The fraction of sp³-hybridized carbons (Fsp3) is 0.435. The van der Waals surface area contributed by atoms with Crippen molar-refractivity contribution in [1.29, 1.82) is 0 Å². The van der Waals surface area contributed by atoms with E-state index in [0.717, 1.165) is 116 Å². The molecule has 8 bridgehead atoms. The molecule has 8 saturated heterocycles. The number of ether oxygens (including phenoxy) is 5. The molecule has 0 radical (unpaired) electrons. The summed E-state index contributed by atoms with van der Waals surface area (Å²) in [6, 6.07) is 31.3. The Morgan fingerprint density at radius 1 is 0.496 bits per heavy atom. The average molecular weight is 1580 g/mol. The third-order valence-corrected chi connectivity index (χ3v) is 24.3. The average Bonchev–Trinajstić information content (AvgIpc) is 1.61. The molecule has 2 aromatic carbocycles. The lowest BCUT2D eigenvalue weighted by atomic mass is 9.90. The van der Waals surface area contributed by atoms with Crippen molar-refractivity contribution in [2.45, 2.75) is 181 Å². The summed E-state index contributed by atoms with van der Waals surface area (Å²) in [7, 11) is 0. The van der Waals surface area contributed by atoms with Crippen LogP contribution in [-0.4, -0.2) is 194 Å². The van der Waals surface area contributed by atoms with Crippen molar-refractivity contribution in [3.8, 4) is 46.8 Å². The highest BCUT2D eigenvalue weighted by atomic mass is 32.1. The SMILES string of the molecule is CCOc1nccc(C)c1C(=O)N1C2CCC1C(COc1ccccn1)C2.Cc1cc(C)nc(OCC2CC3CCC2N3C(=O)c2cccc(F)c2-n2nccn2)n1.Cc1cc(C)nc(OCC2CC3CCC2N3C(=O)c2ccccc2-c2nc(C)no2)n1.Cc1nc2sccn2c1C(=O)N1C2CCC1C(COc1ccccn1)C2. The summed E-state index contributed by atoms with van der Waals surface area (Å²) < 4.78 is 51.1. The van der Waals surface area contributed by atoms with Crippen LogP contribution in [0, 0.1) is 78.0 Å². The smallest absolute Gasteiger partial charge is 0.316 e. The van der Waals surface area contributed by atoms with Crippen LogP contribution in [0.5, 0.6) is 29.7 Å². The number of imidazole rings is 1. The number of halogens is 1. The largest absolute Gasteiger partial charge is 0.477 e. The summed E-state index contributed by atoms with van der Waals surface area (Å²) in [5.74, 6) is 3.26. The molecular weight excluding hydrogens is 1480 g/mol. The van der Waals surface area contributed by atoms with E-state index in [4.69, 9.17) is 28.2 Å². The third-order valence-electron chi connectivity index (χ3n) is 23.6. The summed E-state index contributed by atoms with van der Waals surface area (Å²) in [6.07, 6.45) is 21.9. The maximum absolute atomic E-state index is 14.6. The van der Waals surface area contributed by atoms with E-state index >= 15 is 0 Å². The van der Waals surface area contributed by atoms with Crippen LogP contribution in [0.25, 0.3) is 22.1 Å². The molecule has 9 aromatic heterocycles. The molecule has 0 aliphatic carbocycles. The van der Waals surface area contributed by atoms with Crippen molar-refractivity contribution < 1.29 is 51.8 Å². The molecule has 115 heavy (non-hydrogen) atoms. The van der Waals surface area contributed by atoms with Crippen molar-refractivity contribution in [3.63, 3.8) is 0 Å². The molecule has 8 fully saturated rings. The number of aromatic nitrogens is 14. The summed E-state index contributed by atoms with van der Waals surface area (Å²) in [5, 5.41) is 13.9. The van der Waals surface area contributed by atoms with Gasteiger partial charge in [-0.05, 0) is 193 Å². The Kier molecular flexibility index (Phi) is 22.7. The molecule has 11 aromatic rings. The molecule has 19 rings (SSSR count). The van der Waals surface area contributed by atoms with E-state index in [1.54, 1.807) is 49.0 Å². The van der Waals surface area contributed by atoms with Gasteiger partial charge in [0, 0.05) is 137 Å². The molecule has 596 valence electrons. The lowest BCUT2D eigenvalue weighted by molar-refractivity contribution is 0.0694. The van der Waals surface area contributed by atoms with Gasteiger partial charge >= 0.3 is 12.0 Å². The first-order chi connectivity index (χ1) is 55.9. The number of carbonyl (C=O) groups excluding carboxylic acids is 4. The monoisotopic (exact) mass is 1580 g/mol. The maximum Gasteiger partial charge on any atom is 0.316 e. The number of hydrogen-bond acceptors (Lipinski definition) is 23. The first-order valence-electron chi connectivity index (χ1n) is 39.8. The van der Waals surface area contributed by atoms with Gasteiger partial charge in [0.15, 0.2) is 16.6 Å². The molecule has 0 spiro atoms. The van der Waals surface area contributed by atoms with Crippen LogP contribution >= 0.6 is 11.3 Å². The zero-order valence-electron chi connectivity index (χ0n) is 65.6. The molecule has 8 aliphatic rings. The second kappa shape index (κ2) is 33.8. The molecule has 12 atom stereocenters. The Hall–Kier alpha value is -11.7. The van der Waals surface area contributed by atoms with Crippen LogP contribution in [0.1, 0.15) is 165 Å². The number of carbonyl (C=O) groups is 4. The second-order valence-corrected chi connectivity index (χ2v) is 31.8. The maximum atomic E-state index is 14.6. The van der Waals surface area contributed by atoms with Crippen LogP contribution in [-0.2, 0) is 0 Å². The highest BCUT2D eigenvalue weighted by Gasteiger charge is 2.53. The lowest BCUT2D eigenvalue weighted by Gasteiger charge is -2.25. The van der Waals surface area contributed by atoms with Gasteiger partial charge in [0.1, 0.15) is 16.9 Å². The van der Waals surface area contributed by atoms with Crippen LogP contribution in [0.3, 0.4) is 0 Å². The number of pyridine rings is 3. The highest BCUT2D eigenvalue weighted by molar-refractivity contribution is 7.15. The van der Waals surface area contributed by atoms with E-state index in [0.29, 0.717) is 115 Å². The third kappa shape index (κ3) is 16.2. The van der Waals surface area contributed by atoms with E-state index in [-0.39, 0.29) is 89.0 Å². The minimum absolute atomic E-state index is 0.0177. The fourth-order valence-electron chi connectivity index (χ4n) is 18.8. The van der Waals surface area contributed by atoms with Gasteiger partial charge in [0.05, 0.1) is 67.8 Å². The van der Waals surface area contributed by atoms with Gasteiger partial charge in [-0.2, -0.15) is 15.2 Å². The fourth-order valence-corrected chi connectivity index (χ4v) is 19.5. The van der Waals surface area contributed by atoms with Crippen molar-refractivity contribution >= 4 is 39.9 Å². The normalized spacial score (nSPS) is 23.0. The van der Waals surface area contributed by atoms with Crippen molar-refractivity contribution in [2.24, 2.45) is 23.7 Å². The van der Waals surface area contributed by atoms with Gasteiger partial charge in [0.2, 0.25) is 17.6 Å². The lowest BCUT2D eigenvalue weighted by Crippen LogP contribution is -2.38. The first-order valence-corrected chi connectivity index (χ1v) is 40.6. The first kappa shape index (κ1) is 77.3. The Labute approximate surface area is 669 Å². The zero-order valence-corrected chi connectivity index (χ0v) is 66.5. The Balaban J connectivity index is 0.000000116. The van der Waals surface area contributed by atoms with Crippen molar-refractivity contribution in [2.75, 3.05) is 33.0 Å². The van der Waals surface area contributed by atoms with Crippen molar-refractivity contribution in [1.82, 2.24) is 89.0 Å². The van der Waals surface area contributed by atoms with Crippen LogP contribution < -0.4 is 23.7 Å². The molecule has 0 saturated carbocycles. The molecular formula is C85H93FN18O10S. The van der Waals surface area contributed by atoms with Gasteiger partial charge in [-0.3, -0.25) is 23.6 Å². The number of hydrogen-bond donors (Lipinski definition) is 0. The minimum atomic E-state index is -0.527. The van der Waals surface area contributed by atoms with E-state index in [2.05, 4.69) is 70.0 Å². The minimum Gasteiger partial charge on any atom is -0.477 e. The van der Waals surface area contributed by atoms with Crippen LogP contribution in [0.15, 0.2) is 144 Å². The highest BCUT2D eigenvalue weighted by Crippen LogP contribution is 2.48. The Bertz CT molecular complexity index is 5260. The van der Waals surface area contributed by atoms with E-state index in [9.17, 15) is 23.6 Å². The summed E-state index contributed by atoms with van der Waals surface area (Å²) >= 11 is 1.56. The Morgan fingerprint density at radius 2 is 0.983 bits per heavy atom. The van der Waals surface area contributed by atoms with Crippen LogP contribution in [0.4, 0.5) is 4.39 Å². The molecule has 30 heteroatoms. The van der Waals surface area contributed by atoms with Gasteiger partial charge in [0.25, 0.3) is 29.5 Å². The molecule has 12 unspecified atom stereocenters. The molecule has 8 aliphatic heterocycles. The number of aryl methyl sites for hydroxylation is 7. The van der Waals surface area contributed by atoms with E-state index in [1.165, 1.54) is 23.3 Å². The number of rotatable bonds is 20. The number of amides is 4. The number of benzene rings is 2. The van der Waals surface area contributed by atoms with Gasteiger partial charge < -0.3 is 47.8 Å². The van der Waals surface area contributed by atoms with Crippen molar-refractivity contribution in [3.05, 3.63) is 208 Å². The molecule has 17 heterocycles. The number of nitrogens with zero attached hydrogens (tertiary/aromatic N) is 18. The molecule has 0 N–H and O–H groups in total. The molecule has 28 nitrogen and oxygen atoms in total. The van der Waals surface area contributed by atoms with E-state index in [1.807, 2.05) is 153 Å². The second-order valence-electron chi connectivity index (χ2n) is 31.0. The predicted molar refractivity (Wildman–Crippen MR) is 422 cm³/mol. The van der Waals surface area contributed by atoms with Gasteiger partial charge in [-0.15, -0.1) is 16.1 Å². The van der Waals surface area contributed by atoms with Crippen LogP contribution in [0.2, 0.25) is 0 Å². The van der Waals surface area contributed by atoms with Gasteiger partial charge in [-0.25, -0.2) is 44.3 Å². The standard InChI is InChI=1S/C23H25N5O3.C22H23FN6O2.C21H25N3O3.C19H20N4O2S/c1-13-10-14(2)25-23(24-13)30-12-16-11-17-8-9-20(16)28(17)22(29)19-7-5-4-6-18(19)21-26-15(3)27-31-21;1-13-10-14(2)27-22(26-13)31-12-15-11-16-6-7-19(15)28(16)21(30)17-4-3-5-18(23)20(17)29-24-8-9-25-29;1-3-26-20-19(14(2)9-11-23-20)21(25)24-16-7-8-17(24)15(12-16)13-27-18-6-4-5-10-22-18;1-12-17(22-8-9-26-19(22)21-12)18(24)23-14-5-6-15(23)13(10-14)11-25-16-4-2-3-7-20-16/h4-7,10,16-17,20H,8-9,11-12H2,1-3H3;3-5,8-10,15-16,19H,6-7,11-12H2,1-2H3;4-6,9-11,15-17H,3,7-8,12-13H2,1-2H3;2-4,7-9,13-15H,5-6,10-11H2,1H3. The number of fused-ring (bicyclic) bond motifs is 9. The number of thiazole rings is 1. The predicted octanol–water partition coefficient (Wildman–Crippen LogP) is 12.8. The topological polar surface area (TPSA) is 305 Å². The summed E-state index contributed by atoms with van der Waals surface area (Å²) in [4.78, 5) is 103. The number of para-hydroxylation sites is 1. The van der Waals surface area contributed by atoms with E-state index < -0.39 is 5.82 Å². The quantitative estimate of drug-likeness (QED) is 0.0684. The van der Waals surface area contributed by atoms with Gasteiger partial charge in [-0.1, -0.05) is 35.5 Å². The molecule has 4 amide bonds. The zero-order chi connectivity index (χ0) is 79.5. The summed E-state index contributed by atoms with van der Waals surface area (Å²) in [5.41, 5.74) is 8.16. The Morgan fingerprint density at radius 3 is 1.49 bits per heavy atom.